The van der Waals surface area contributed by atoms with Crippen molar-refractivity contribution >= 4 is 39.5 Å². The minimum absolute atomic E-state index is 0.105. The topological polar surface area (TPSA) is 237 Å². The Morgan fingerprint density at radius 1 is 0.315 bits per heavy atom. The van der Waals surface area contributed by atoms with Crippen LogP contribution in [-0.2, 0) is 65.4 Å². The van der Waals surface area contributed by atoms with Gasteiger partial charge in [-0.15, -0.1) is 0 Å². The van der Waals surface area contributed by atoms with Crippen molar-refractivity contribution in [3.63, 3.8) is 0 Å². The number of esters is 4. The maximum absolute atomic E-state index is 13.1. The van der Waals surface area contributed by atoms with E-state index in [1.807, 2.05) is 0 Å². The molecule has 0 rings (SSSR count). The van der Waals surface area contributed by atoms with Gasteiger partial charge in [0.25, 0.3) is 0 Å². The van der Waals surface area contributed by atoms with Crippen LogP contribution in [0.3, 0.4) is 0 Å². The maximum atomic E-state index is 13.1. The third kappa shape index (κ3) is 65.4. The highest BCUT2D eigenvalue weighted by atomic mass is 31.2. The van der Waals surface area contributed by atoms with Crippen molar-refractivity contribution in [3.8, 4) is 0 Å². The second-order valence-electron chi connectivity index (χ2n) is 27.5. The lowest BCUT2D eigenvalue weighted by atomic mass is 9.99. The van der Waals surface area contributed by atoms with Crippen molar-refractivity contribution in [2.24, 2.45) is 17.8 Å². The van der Waals surface area contributed by atoms with E-state index in [2.05, 4.69) is 48.5 Å². The van der Waals surface area contributed by atoms with E-state index < -0.39 is 97.5 Å². The molecular formula is C73H142O17P2. The predicted octanol–water partition coefficient (Wildman–Crippen LogP) is 21.0. The van der Waals surface area contributed by atoms with Gasteiger partial charge in [-0.1, -0.05) is 318 Å². The smallest absolute Gasteiger partial charge is 0.462 e. The first-order valence-electron chi connectivity index (χ1n) is 37.9. The van der Waals surface area contributed by atoms with Crippen LogP contribution in [0.25, 0.3) is 0 Å². The molecule has 0 fully saturated rings. The standard InChI is InChI=1S/C73H142O17P2/c1-8-10-11-12-13-14-27-33-42-49-56-72(77)90-69(61-84-71(76)55-48-41-36-35-38-45-52-65(5)6)63-88-92(81,82)86-59-67(74)58-85-91(79,80)87-62-68(60-83-70(75)54-47-40-32-28-23-20-19-21-25-30-37-44-51-64(3)4)89-73(78)57-50-43-34-29-24-18-16-15-17-22-26-31-39-46-53-66(7)9-2/h64-69,74H,8-63H2,1-7H3,(H,79,80)(H,81,82)/t66?,67-,68-,69-/m1/s1. The van der Waals surface area contributed by atoms with Gasteiger partial charge in [0.2, 0.25) is 0 Å². The van der Waals surface area contributed by atoms with Crippen LogP contribution in [0.4, 0.5) is 0 Å². The van der Waals surface area contributed by atoms with Crippen molar-refractivity contribution in [1.29, 1.82) is 0 Å². The van der Waals surface area contributed by atoms with E-state index in [1.165, 1.54) is 173 Å². The third-order valence-corrected chi connectivity index (χ3v) is 19.1. The van der Waals surface area contributed by atoms with Crippen LogP contribution in [0.5, 0.6) is 0 Å². The number of phosphoric ester groups is 2. The highest BCUT2D eigenvalue weighted by Crippen LogP contribution is 2.45. The van der Waals surface area contributed by atoms with E-state index in [0.29, 0.717) is 31.6 Å². The first-order valence-corrected chi connectivity index (χ1v) is 40.9. The van der Waals surface area contributed by atoms with E-state index in [-0.39, 0.29) is 25.7 Å². The summed E-state index contributed by atoms with van der Waals surface area (Å²) < 4.78 is 68.3. The number of unbranched alkanes of at least 4 members (excludes halogenated alkanes) is 38. The molecule has 19 heteroatoms. The van der Waals surface area contributed by atoms with Crippen molar-refractivity contribution < 1.29 is 80.2 Å². The summed E-state index contributed by atoms with van der Waals surface area (Å²) in [4.78, 5) is 72.6. The average Bonchev–Trinajstić information content (AvgIpc) is 3.58. The van der Waals surface area contributed by atoms with Gasteiger partial charge in [0, 0.05) is 25.7 Å². The van der Waals surface area contributed by atoms with Crippen LogP contribution >= 0.6 is 15.6 Å². The number of aliphatic hydroxyl groups is 1. The maximum Gasteiger partial charge on any atom is 0.472 e. The van der Waals surface area contributed by atoms with Gasteiger partial charge in [-0.2, -0.15) is 0 Å². The van der Waals surface area contributed by atoms with Crippen LogP contribution in [0.15, 0.2) is 0 Å². The van der Waals surface area contributed by atoms with Crippen molar-refractivity contribution in [1.82, 2.24) is 0 Å². The van der Waals surface area contributed by atoms with Crippen LogP contribution < -0.4 is 0 Å². The first-order chi connectivity index (χ1) is 44.3. The molecule has 0 heterocycles. The number of hydrogen-bond donors (Lipinski definition) is 3. The molecular weight excluding hydrogens is 1210 g/mol. The quantitative estimate of drug-likeness (QED) is 0.0222. The Morgan fingerprint density at radius 3 is 0.826 bits per heavy atom. The highest BCUT2D eigenvalue weighted by molar-refractivity contribution is 7.47. The first kappa shape index (κ1) is 90.1. The summed E-state index contributed by atoms with van der Waals surface area (Å²) in [6.45, 7) is 11.8. The summed E-state index contributed by atoms with van der Waals surface area (Å²) in [5.74, 6) is 0.184. The second-order valence-corrected chi connectivity index (χ2v) is 30.4. The molecule has 0 radical (unpaired) electrons. The molecule has 0 bridgehead atoms. The molecule has 0 aliphatic heterocycles. The summed E-state index contributed by atoms with van der Waals surface area (Å²) in [6.07, 6.45) is 48.6. The fourth-order valence-electron chi connectivity index (χ4n) is 11.0. The van der Waals surface area contributed by atoms with Gasteiger partial charge in [-0.25, -0.2) is 9.13 Å². The second kappa shape index (κ2) is 63.8. The van der Waals surface area contributed by atoms with Crippen LogP contribution in [0.2, 0.25) is 0 Å². The van der Waals surface area contributed by atoms with E-state index in [1.54, 1.807) is 0 Å². The number of aliphatic hydroxyl groups excluding tert-OH is 1. The normalized spacial score (nSPS) is 14.4. The molecule has 17 nitrogen and oxygen atoms in total. The molecule has 0 saturated carbocycles. The van der Waals surface area contributed by atoms with Gasteiger partial charge in [-0.3, -0.25) is 37.3 Å². The lowest BCUT2D eigenvalue weighted by Gasteiger charge is -2.21. The van der Waals surface area contributed by atoms with E-state index >= 15 is 0 Å². The average molecular weight is 1350 g/mol. The molecule has 3 unspecified atom stereocenters. The zero-order valence-corrected chi connectivity index (χ0v) is 61.8. The Bertz CT molecular complexity index is 1800. The van der Waals surface area contributed by atoms with Crippen molar-refractivity contribution in [3.05, 3.63) is 0 Å². The minimum Gasteiger partial charge on any atom is -0.462 e. The Morgan fingerprint density at radius 2 is 0.554 bits per heavy atom. The molecule has 6 atom stereocenters. The molecule has 0 aromatic heterocycles. The molecule has 0 aromatic carbocycles. The van der Waals surface area contributed by atoms with E-state index in [0.717, 1.165) is 108 Å². The number of rotatable bonds is 71. The fourth-order valence-corrected chi connectivity index (χ4v) is 12.6. The molecule has 0 spiro atoms. The summed E-state index contributed by atoms with van der Waals surface area (Å²) in [6, 6.07) is 0. The number of phosphoric acid groups is 2. The minimum atomic E-state index is -4.96. The number of hydrogen-bond acceptors (Lipinski definition) is 15. The van der Waals surface area contributed by atoms with Gasteiger partial charge >= 0.3 is 39.5 Å². The van der Waals surface area contributed by atoms with Crippen LogP contribution in [0.1, 0.15) is 370 Å². The van der Waals surface area contributed by atoms with Crippen molar-refractivity contribution in [2.45, 2.75) is 388 Å². The fraction of sp³-hybridized carbons (Fsp3) is 0.945. The predicted molar refractivity (Wildman–Crippen MR) is 372 cm³/mol. The van der Waals surface area contributed by atoms with Crippen molar-refractivity contribution in [2.75, 3.05) is 39.6 Å². The lowest BCUT2D eigenvalue weighted by Crippen LogP contribution is -2.30. The van der Waals surface area contributed by atoms with Crippen LogP contribution in [0, 0.1) is 17.8 Å². The Kier molecular flexibility index (Phi) is 62.4. The number of carbonyl (C=O) groups excluding carboxylic acids is 4. The summed E-state index contributed by atoms with van der Waals surface area (Å²) >= 11 is 0. The molecule has 0 saturated heterocycles. The lowest BCUT2D eigenvalue weighted by molar-refractivity contribution is -0.161. The van der Waals surface area contributed by atoms with E-state index in [9.17, 15) is 43.2 Å². The zero-order chi connectivity index (χ0) is 68.0. The molecule has 3 N–H and O–H groups in total. The molecule has 0 amide bonds. The summed E-state index contributed by atoms with van der Waals surface area (Å²) in [5.41, 5.74) is 0. The summed E-state index contributed by atoms with van der Waals surface area (Å²) in [5, 5.41) is 10.6. The molecule has 0 aliphatic rings. The zero-order valence-electron chi connectivity index (χ0n) is 60.0. The van der Waals surface area contributed by atoms with Gasteiger partial charge in [-0.05, 0) is 43.4 Å². The number of carbonyl (C=O) groups is 4. The molecule has 0 aliphatic carbocycles. The highest BCUT2D eigenvalue weighted by Gasteiger charge is 2.30. The monoisotopic (exact) mass is 1350 g/mol. The molecule has 92 heavy (non-hydrogen) atoms. The van der Waals surface area contributed by atoms with Gasteiger partial charge in [0.05, 0.1) is 26.4 Å². The van der Waals surface area contributed by atoms with Gasteiger partial charge in [0.15, 0.2) is 12.2 Å². The van der Waals surface area contributed by atoms with Gasteiger partial charge in [0.1, 0.15) is 19.3 Å². The Hall–Kier alpha value is -1.94. The SMILES string of the molecule is CCCCCCCCCCCCC(=O)O[C@H](COC(=O)CCCCCCCCC(C)C)COP(=O)(O)OC[C@H](O)COP(=O)(O)OC[C@@H](COC(=O)CCCCCCCCCCCCCCC(C)C)OC(=O)CCCCCCCCCCCCCCCCC(C)CC. The Balaban J connectivity index is 5.22. The third-order valence-electron chi connectivity index (χ3n) is 17.2. The molecule has 0 aromatic rings. The molecule has 546 valence electrons. The van der Waals surface area contributed by atoms with E-state index in [4.69, 9.17) is 37.0 Å². The van der Waals surface area contributed by atoms with Gasteiger partial charge < -0.3 is 33.8 Å². The largest absolute Gasteiger partial charge is 0.472 e. The Labute approximate surface area is 562 Å². The summed E-state index contributed by atoms with van der Waals surface area (Å²) in [7, 11) is -9.90. The van der Waals surface area contributed by atoms with Crippen LogP contribution in [-0.4, -0.2) is 96.7 Å². The number of ether oxygens (including phenoxy) is 4.